The van der Waals surface area contributed by atoms with Crippen LogP contribution in [0, 0.1) is 0 Å². The van der Waals surface area contributed by atoms with Gasteiger partial charge < -0.3 is 10.1 Å². The Morgan fingerprint density at radius 3 is 2.52 bits per heavy atom. The average molecular weight is 397 g/mol. The summed E-state index contributed by atoms with van der Waals surface area (Å²) in [6.45, 7) is 6.43. The first-order valence-corrected chi connectivity index (χ1v) is 10.4. The second-order valence-corrected chi connectivity index (χ2v) is 8.21. The van der Waals surface area contributed by atoms with Crippen LogP contribution in [0.4, 0.5) is 5.69 Å². The molecule has 0 aliphatic carbocycles. The lowest BCUT2D eigenvalue weighted by Gasteiger charge is -2.23. The van der Waals surface area contributed by atoms with Gasteiger partial charge in [-0.3, -0.25) is 14.5 Å². The fourth-order valence-corrected chi connectivity index (χ4v) is 4.80. The smallest absolute Gasteiger partial charge is 0.243 e. The first kappa shape index (κ1) is 21.3. The van der Waals surface area contributed by atoms with Crippen molar-refractivity contribution < 1.29 is 22.7 Å². The summed E-state index contributed by atoms with van der Waals surface area (Å²) < 4.78 is 31.8. The molecule has 0 saturated heterocycles. The number of hydrogen-bond donors (Lipinski definition) is 1. The van der Waals surface area contributed by atoms with Gasteiger partial charge in [0, 0.05) is 45.8 Å². The largest absolute Gasteiger partial charge is 0.383 e. The molecule has 1 aromatic carbocycles. The van der Waals surface area contributed by atoms with Gasteiger partial charge in [0.1, 0.15) is 6.04 Å². The lowest BCUT2D eigenvalue weighted by molar-refractivity contribution is -0.125. The lowest BCUT2D eigenvalue weighted by Crippen LogP contribution is -2.48. The van der Waals surface area contributed by atoms with Crippen LogP contribution in [0.2, 0.25) is 0 Å². The van der Waals surface area contributed by atoms with Crippen molar-refractivity contribution in [1.29, 1.82) is 0 Å². The van der Waals surface area contributed by atoms with Gasteiger partial charge in [-0.15, -0.1) is 0 Å². The van der Waals surface area contributed by atoms with Crippen molar-refractivity contribution in [3.8, 4) is 0 Å². The molecule has 0 saturated carbocycles. The molecule has 1 aromatic rings. The highest BCUT2D eigenvalue weighted by molar-refractivity contribution is 7.89. The zero-order valence-corrected chi connectivity index (χ0v) is 17.0. The van der Waals surface area contributed by atoms with Crippen molar-refractivity contribution in [3.05, 3.63) is 23.8 Å². The number of nitrogens with zero attached hydrogens (tertiary/aromatic N) is 2. The topological polar surface area (TPSA) is 96.0 Å². The van der Waals surface area contributed by atoms with Gasteiger partial charge in [-0.1, -0.05) is 13.8 Å². The zero-order chi connectivity index (χ0) is 20.2. The molecule has 8 nitrogen and oxygen atoms in total. The van der Waals surface area contributed by atoms with Crippen LogP contribution in [0.15, 0.2) is 23.1 Å². The minimum atomic E-state index is -3.60. The Bertz CT molecular complexity index is 805. The third kappa shape index (κ3) is 4.31. The highest BCUT2D eigenvalue weighted by Gasteiger charge is 2.37. The minimum absolute atomic E-state index is 0.175. The molecule has 150 valence electrons. The molecule has 27 heavy (non-hydrogen) atoms. The summed E-state index contributed by atoms with van der Waals surface area (Å²) in [5, 5.41) is 2.74. The van der Waals surface area contributed by atoms with Gasteiger partial charge in [-0.2, -0.15) is 4.31 Å². The number of benzene rings is 1. The summed E-state index contributed by atoms with van der Waals surface area (Å²) in [6.07, 6.45) is 0.273. The first-order chi connectivity index (χ1) is 12.8. The SMILES string of the molecule is CCN(CC)S(=O)(=O)c1ccc2c(c1)CC(C(=O)NCCOC)N2C(C)=O. The normalized spacial score (nSPS) is 16.5. The van der Waals surface area contributed by atoms with E-state index < -0.39 is 16.1 Å². The van der Waals surface area contributed by atoms with E-state index in [4.69, 9.17) is 4.74 Å². The maximum atomic E-state index is 12.8. The van der Waals surface area contributed by atoms with Gasteiger partial charge >= 0.3 is 0 Å². The number of nitrogens with one attached hydrogen (secondary N) is 1. The van der Waals surface area contributed by atoms with Crippen LogP contribution in [0.25, 0.3) is 0 Å². The number of methoxy groups -OCH3 is 1. The number of anilines is 1. The quantitative estimate of drug-likeness (QED) is 0.654. The van der Waals surface area contributed by atoms with E-state index in [9.17, 15) is 18.0 Å². The minimum Gasteiger partial charge on any atom is -0.383 e. The summed E-state index contributed by atoms with van der Waals surface area (Å²) in [4.78, 5) is 26.2. The predicted molar refractivity (Wildman–Crippen MR) is 102 cm³/mol. The molecule has 2 amide bonds. The van der Waals surface area contributed by atoms with E-state index in [1.807, 2.05) is 0 Å². The van der Waals surface area contributed by atoms with Crippen molar-refractivity contribution >= 4 is 27.5 Å². The van der Waals surface area contributed by atoms with E-state index in [0.717, 1.165) is 0 Å². The van der Waals surface area contributed by atoms with Gasteiger partial charge in [0.05, 0.1) is 11.5 Å². The van der Waals surface area contributed by atoms with Gasteiger partial charge in [-0.25, -0.2) is 8.42 Å². The molecule has 2 rings (SSSR count). The fraction of sp³-hybridized carbons (Fsp3) is 0.556. The van der Waals surface area contributed by atoms with Crippen LogP contribution >= 0.6 is 0 Å². The van der Waals surface area contributed by atoms with E-state index in [1.54, 1.807) is 26.0 Å². The van der Waals surface area contributed by atoms with E-state index in [-0.39, 0.29) is 23.1 Å². The monoisotopic (exact) mass is 397 g/mol. The molecule has 0 bridgehead atoms. The number of ether oxygens (including phenoxy) is 1. The van der Waals surface area contributed by atoms with Crippen LogP contribution in [0.3, 0.4) is 0 Å². The van der Waals surface area contributed by atoms with Gasteiger partial charge in [0.15, 0.2) is 0 Å². The summed E-state index contributed by atoms with van der Waals surface area (Å²) in [5.41, 5.74) is 1.25. The molecule has 0 radical (unpaired) electrons. The van der Waals surface area contributed by atoms with Crippen LogP contribution in [0.1, 0.15) is 26.3 Å². The molecule has 1 unspecified atom stereocenters. The highest BCUT2D eigenvalue weighted by atomic mass is 32.2. The highest BCUT2D eigenvalue weighted by Crippen LogP contribution is 2.34. The Hall–Kier alpha value is -1.97. The van der Waals surface area contributed by atoms with Crippen molar-refractivity contribution in [1.82, 2.24) is 9.62 Å². The average Bonchev–Trinajstić information content (AvgIpc) is 3.01. The third-order valence-corrected chi connectivity index (χ3v) is 6.67. The number of hydrogen-bond acceptors (Lipinski definition) is 5. The molecule has 1 atom stereocenters. The third-order valence-electron chi connectivity index (χ3n) is 4.63. The maximum absolute atomic E-state index is 12.8. The summed E-state index contributed by atoms with van der Waals surface area (Å²) in [6, 6.07) is 3.98. The van der Waals surface area contributed by atoms with Crippen LogP contribution in [0.5, 0.6) is 0 Å². The van der Waals surface area contributed by atoms with Crippen LogP contribution in [-0.2, 0) is 30.8 Å². The molecule has 1 N–H and O–H groups in total. The van der Waals surface area contributed by atoms with Gasteiger partial charge in [-0.05, 0) is 23.8 Å². The van der Waals surface area contributed by atoms with Crippen molar-refractivity contribution in [2.45, 2.75) is 38.1 Å². The summed E-state index contributed by atoms with van der Waals surface area (Å²) in [7, 11) is -2.06. The molecule has 1 aliphatic rings. The van der Waals surface area contributed by atoms with E-state index in [2.05, 4.69) is 5.32 Å². The van der Waals surface area contributed by atoms with Crippen molar-refractivity contribution in [2.75, 3.05) is 38.3 Å². The number of amides is 2. The fourth-order valence-electron chi connectivity index (χ4n) is 3.29. The molecule has 9 heteroatoms. The van der Waals surface area contributed by atoms with E-state index in [0.29, 0.717) is 37.5 Å². The standard InChI is InChI=1S/C18H27N3O5S/c1-5-20(6-2)27(24,25)15-7-8-16-14(11-15)12-17(21(16)13(3)22)18(23)19-9-10-26-4/h7-8,11,17H,5-6,9-10,12H2,1-4H3,(H,19,23). The Morgan fingerprint density at radius 2 is 1.96 bits per heavy atom. The Kier molecular flexibility index (Phi) is 6.96. The summed E-state index contributed by atoms with van der Waals surface area (Å²) in [5.74, 6) is -0.549. The maximum Gasteiger partial charge on any atom is 0.243 e. The molecule has 0 fully saturated rings. The lowest BCUT2D eigenvalue weighted by atomic mass is 10.1. The van der Waals surface area contributed by atoms with Crippen LogP contribution < -0.4 is 10.2 Å². The van der Waals surface area contributed by atoms with Gasteiger partial charge in [0.2, 0.25) is 21.8 Å². The predicted octanol–water partition coefficient (Wildman–Crippen LogP) is 0.757. The second-order valence-electron chi connectivity index (χ2n) is 6.27. The Morgan fingerprint density at radius 1 is 1.30 bits per heavy atom. The summed E-state index contributed by atoms with van der Waals surface area (Å²) >= 11 is 0. The van der Waals surface area contributed by atoms with Crippen LogP contribution in [-0.4, -0.2) is 63.9 Å². The molecule has 1 aliphatic heterocycles. The number of sulfonamides is 1. The number of rotatable bonds is 8. The molecular formula is C18H27N3O5S. The second kappa shape index (κ2) is 8.81. The zero-order valence-electron chi connectivity index (χ0n) is 16.2. The number of carbonyl (C=O) groups is 2. The van der Waals surface area contributed by atoms with E-state index in [1.165, 1.54) is 29.3 Å². The number of fused-ring (bicyclic) bond motifs is 1. The van der Waals surface area contributed by atoms with E-state index >= 15 is 0 Å². The van der Waals surface area contributed by atoms with Crippen molar-refractivity contribution in [2.24, 2.45) is 0 Å². The molecule has 0 spiro atoms. The van der Waals surface area contributed by atoms with Gasteiger partial charge in [0.25, 0.3) is 0 Å². The van der Waals surface area contributed by atoms with Crippen molar-refractivity contribution in [3.63, 3.8) is 0 Å². The Labute approximate surface area is 160 Å². The molecule has 0 aromatic heterocycles. The molecular weight excluding hydrogens is 370 g/mol. The Balaban J connectivity index is 2.34. The first-order valence-electron chi connectivity index (χ1n) is 8.97. The molecule has 1 heterocycles. The number of carbonyl (C=O) groups excluding carboxylic acids is 2.